The van der Waals surface area contributed by atoms with E-state index in [0.717, 1.165) is 16.9 Å². The number of aromatic nitrogens is 4. The molecule has 3 aromatic rings. The lowest BCUT2D eigenvalue weighted by Gasteiger charge is -2.05. The molecule has 2 heterocycles. The SMILES string of the molecule is COc1ccc(-c2c(N)n[nH]c2-c2ccc(=O)[nH]n2)cc1. The lowest BCUT2D eigenvalue weighted by atomic mass is 10.0. The number of H-pyrrole nitrogens is 2. The zero-order chi connectivity index (χ0) is 14.8. The van der Waals surface area contributed by atoms with Crippen molar-refractivity contribution in [1.82, 2.24) is 20.4 Å². The molecule has 0 amide bonds. The fourth-order valence-corrected chi connectivity index (χ4v) is 2.07. The Morgan fingerprint density at radius 1 is 1.05 bits per heavy atom. The van der Waals surface area contributed by atoms with Gasteiger partial charge < -0.3 is 10.5 Å². The number of ether oxygens (including phenoxy) is 1. The fourth-order valence-electron chi connectivity index (χ4n) is 2.07. The number of hydrogen-bond donors (Lipinski definition) is 3. The molecule has 0 aliphatic carbocycles. The number of benzene rings is 1. The number of nitrogen functional groups attached to an aromatic ring is 1. The maximum Gasteiger partial charge on any atom is 0.264 e. The van der Waals surface area contributed by atoms with Crippen LogP contribution in [0.2, 0.25) is 0 Å². The Balaban J connectivity index is 2.11. The summed E-state index contributed by atoms with van der Waals surface area (Å²) in [7, 11) is 1.61. The van der Waals surface area contributed by atoms with Gasteiger partial charge in [0.1, 0.15) is 11.4 Å². The van der Waals surface area contributed by atoms with Crippen molar-refractivity contribution in [2.75, 3.05) is 12.8 Å². The standard InChI is InChI=1S/C14H13N5O2/c1-21-9-4-2-8(3-5-9)12-13(18-19-14(12)15)10-6-7-11(20)17-16-10/h2-7H,1H3,(H,17,20)(H3,15,18,19). The highest BCUT2D eigenvalue weighted by Crippen LogP contribution is 2.34. The van der Waals surface area contributed by atoms with Crippen LogP contribution in [0.4, 0.5) is 5.82 Å². The smallest absolute Gasteiger partial charge is 0.264 e. The number of aromatic amines is 2. The Labute approximate surface area is 119 Å². The van der Waals surface area contributed by atoms with Gasteiger partial charge in [-0.1, -0.05) is 12.1 Å². The first kappa shape index (κ1) is 12.9. The average Bonchev–Trinajstić information content (AvgIpc) is 2.90. The van der Waals surface area contributed by atoms with Crippen molar-refractivity contribution in [3.63, 3.8) is 0 Å². The summed E-state index contributed by atoms with van der Waals surface area (Å²) in [6.45, 7) is 0. The van der Waals surface area contributed by atoms with Gasteiger partial charge in [0.05, 0.1) is 18.4 Å². The lowest BCUT2D eigenvalue weighted by molar-refractivity contribution is 0.415. The van der Waals surface area contributed by atoms with E-state index in [1.54, 1.807) is 13.2 Å². The first-order chi connectivity index (χ1) is 10.2. The van der Waals surface area contributed by atoms with Gasteiger partial charge >= 0.3 is 0 Å². The van der Waals surface area contributed by atoms with Gasteiger partial charge in [0.2, 0.25) is 0 Å². The molecule has 1 aromatic carbocycles. The molecule has 0 aliphatic heterocycles. The molecular weight excluding hydrogens is 270 g/mol. The Morgan fingerprint density at radius 2 is 1.81 bits per heavy atom. The summed E-state index contributed by atoms with van der Waals surface area (Å²) in [4.78, 5) is 11.1. The van der Waals surface area contributed by atoms with Crippen molar-refractivity contribution in [2.24, 2.45) is 0 Å². The quantitative estimate of drug-likeness (QED) is 0.673. The maximum absolute atomic E-state index is 11.1. The molecular formula is C14H13N5O2. The summed E-state index contributed by atoms with van der Waals surface area (Å²) in [5, 5.41) is 13.3. The van der Waals surface area contributed by atoms with E-state index in [1.807, 2.05) is 24.3 Å². The van der Waals surface area contributed by atoms with Gasteiger partial charge in [0.25, 0.3) is 5.56 Å². The summed E-state index contributed by atoms with van der Waals surface area (Å²) < 4.78 is 5.14. The Kier molecular flexibility index (Phi) is 3.15. The Hall–Kier alpha value is -3.09. The highest BCUT2D eigenvalue weighted by atomic mass is 16.5. The van der Waals surface area contributed by atoms with E-state index in [1.165, 1.54) is 6.07 Å². The van der Waals surface area contributed by atoms with Crippen molar-refractivity contribution in [2.45, 2.75) is 0 Å². The molecule has 0 saturated carbocycles. The zero-order valence-corrected chi connectivity index (χ0v) is 11.3. The molecule has 0 unspecified atom stereocenters. The van der Waals surface area contributed by atoms with Crippen LogP contribution in [0, 0.1) is 0 Å². The molecule has 0 spiro atoms. The normalized spacial score (nSPS) is 10.5. The van der Waals surface area contributed by atoms with Crippen molar-refractivity contribution in [1.29, 1.82) is 0 Å². The summed E-state index contributed by atoms with van der Waals surface area (Å²) in [6, 6.07) is 10.5. The molecule has 21 heavy (non-hydrogen) atoms. The maximum atomic E-state index is 11.1. The molecule has 0 bridgehead atoms. The molecule has 0 radical (unpaired) electrons. The van der Waals surface area contributed by atoms with Gasteiger partial charge in [0.15, 0.2) is 5.82 Å². The van der Waals surface area contributed by atoms with E-state index in [2.05, 4.69) is 20.4 Å². The highest BCUT2D eigenvalue weighted by molar-refractivity contribution is 5.86. The van der Waals surface area contributed by atoms with E-state index < -0.39 is 0 Å². The summed E-state index contributed by atoms with van der Waals surface area (Å²) in [5.74, 6) is 1.12. The second-order valence-corrected chi connectivity index (χ2v) is 4.39. The van der Waals surface area contributed by atoms with E-state index in [9.17, 15) is 4.79 Å². The van der Waals surface area contributed by atoms with E-state index in [-0.39, 0.29) is 5.56 Å². The van der Waals surface area contributed by atoms with Gasteiger partial charge in [-0.3, -0.25) is 9.89 Å². The van der Waals surface area contributed by atoms with Crippen molar-refractivity contribution >= 4 is 5.82 Å². The number of nitrogens with one attached hydrogen (secondary N) is 2. The van der Waals surface area contributed by atoms with Crippen LogP contribution in [0.15, 0.2) is 41.2 Å². The molecule has 2 aromatic heterocycles. The molecule has 0 fully saturated rings. The van der Waals surface area contributed by atoms with Crippen LogP contribution in [0.25, 0.3) is 22.5 Å². The second kappa shape index (κ2) is 5.12. The van der Waals surface area contributed by atoms with Gasteiger partial charge in [-0.05, 0) is 23.8 Å². The fraction of sp³-hybridized carbons (Fsp3) is 0.0714. The van der Waals surface area contributed by atoms with Gasteiger partial charge in [0, 0.05) is 6.07 Å². The zero-order valence-electron chi connectivity index (χ0n) is 11.3. The number of nitrogens with zero attached hydrogens (tertiary/aromatic N) is 2. The summed E-state index contributed by atoms with van der Waals surface area (Å²) in [5.41, 5.74) is 8.49. The van der Waals surface area contributed by atoms with Crippen LogP contribution >= 0.6 is 0 Å². The number of nitrogens with two attached hydrogens (primary N) is 1. The van der Waals surface area contributed by atoms with Crippen LogP contribution in [0.1, 0.15) is 0 Å². The lowest BCUT2D eigenvalue weighted by Crippen LogP contribution is -2.05. The number of hydrogen-bond acceptors (Lipinski definition) is 5. The predicted molar refractivity (Wildman–Crippen MR) is 78.8 cm³/mol. The van der Waals surface area contributed by atoms with Crippen LogP contribution in [-0.2, 0) is 0 Å². The molecule has 106 valence electrons. The third kappa shape index (κ3) is 2.36. The number of anilines is 1. The molecule has 0 saturated heterocycles. The largest absolute Gasteiger partial charge is 0.497 e. The predicted octanol–water partition coefficient (Wildman–Crippen LogP) is 1.42. The van der Waals surface area contributed by atoms with Crippen molar-refractivity contribution in [3.8, 4) is 28.3 Å². The minimum Gasteiger partial charge on any atom is -0.497 e. The summed E-state index contributed by atoms with van der Waals surface area (Å²) in [6.07, 6.45) is 0. The van der Waals surface area contributed by atoms with Gasteiger partial charge in [-0.15, -0.1) is 0 Å². The van der Waals surface area contributed by atoms with Crippen molar-refractivity contribution in [3.05, 3.63) is 46.8 Å². The van der Waals surface area contributed by atoms with Crippen LogP contribution in [-0.4, -0.2) is 27.5 Å². The first-order valence-corrected chi connectivity index (χ1v) is 6.23. The minimum absolute atomic E-state index is 0.266. The van der Waals surface area contributed by atoms with Crippen molar-refractivity contribution < 1.29 is 4.74 Å². The molecule has 0 atom stereocenters. The monoisotopic (exact) mass is 283 g/mol. The molecule has 4 N–H and O–H groups in total. The third-order valence-corrected chi connectivity index (χ3v) is 3.11. The van der Waals surface area contributed by atoms with E-state index in [4.69, 9.17) is 10.5 Å². The van der Waals surface area contributed by atoms with Crippen LogP contribution in [0.5, 0.6) is 5.75 Å². The molecule has 7 nitrogen and oxygen atoms in total. The molecule has 3 rings (SSSR count). The van der Waals surface area contributed by atoms with E-state index >= 15 is 0 Å². The highest BCUT2D eigenvalue weighted by Gasteiger charge is 2.15. The summed E-state index contributed by atoms with van der Waals surface area (Å²) >= 11 is 0. The van der Waals surface area contributed by atoms with E-state index in [0.29, 0.717) is 17.2 Å². The van der Waals surface area contributed by atoms with Gasteiger partial charge in [-0.2, -0.15) is 10.2 Å². The average molecular weight is 283 g/mol. The van der Waals surface area contributed by atoms with Crippen LogP contribution in [0.3, 0.4) is 0 Å². The Morgan fingerprint density at radius 3 is 2.43 bits per heavy atom. The minimum atomic E-state index is -0.266. The Bertz CT molecular complexity index is 800. The number of rotatable bonds is 3. The third-order valence-electron chi connectivity index (χ3n) is 3.11. The second-order valence-electron chi connectivity index (χ2n) is 4.39. The van der Waals surface area contributed by atoms with Gasteiger partial charge in [-0.25, -0.2) is 5.10 Å². The molecule has 7 heteroatoms. The molecule has 0 aliphatic rings. The van der Waals surface area contributed by atoms with Crippen LogP contribution < -0.4 is 16.0 Å². The number of methoxy groups -OCH3 is 1. The first-order valence-electron chi connectivity index (χ1n) is 6.23. The topological polar surface area (TPSA) is 110 Å².